The fourth-order valence-electron chi connectivity index (χ4n) is 1.75. The molecule has 1 aromatic carbocycles. The molecule has 106 valence electrons. The minimum Gasteiger partial charge on any atom is -0.467 e. The highest BCUT2D eigenvalue weighted by molar-refractivity contribution is 7.57. The first-order chi connectivity index (χ1) is 8.85. The maximum Gasteiger partial charge on any atom is 0.335 e. The van der Waals surface area contributed by atoms with E-state index in [2.05, 4.69) is 4.74 Å². The summed E-state index contributed by atoms with van der Waals surface area (Å²) in [5, 5.41) is 0. The van der Waals surface area contributed by atoms with Gasteiger partial charge in [0, 0.05) is 12.8 Å². The van der Waals surface area contributed by atoms with Gasteiger partial charge in [0.05, 0.1) is 7.11 Å². The van der Waals surface area contributed by atoms with Crippen LogP contribution in [0.3, 0.4) is 0 Å². The van der Waals surface area contributed by atoms with Gasteiger partial charge in [-0.05, 0) is 11.5 Å². The lowest BCUT2D eigenvalue weighted by Gasteiger charge is -2.23. The monoisotopic (exact) mass is 284 g/mol. The summed E-state index contributed by atoms with van der Waals surface area (Å²) in [5.74, 6) is -0.568. The number of carbonyl (C=O) groups excluding carboxylic acids is 1. The summed E-state index contributed by atoms with van der Waals surface area (Å²) in [4.78, 5) is 11.6. The number of carbonyl (C=O) groups is 1. The van der Waals surface area contributed by atoms with E-state index in [1.807, 2.05) is 44.2 Å². The Morgan fingerprint density at radius 3 is 2.32 bits per heavy atom. The average Bonchev–Trinajstić information content (AvgIpc) is 2.35. The summed E-state index contributed by atoms with van der Waals surface area (Å²) in [6.07, 6.45) is -0.474. The van der Waals surface area contributed by atoms with Gasteiger partial charge in [0.25, 0.3) is 0 Å². The number of benzene rings is 1. The van der Waals surface area contributed by atoms with Crippen LogP contribution in [0.4, 0.5) is 0 Å². The number of ether oxygens (including phenoxy) is 1. The number of rotatable bonds is 6. The van der Waals surface area contributed by atoms with Crippen LogP contribution in [0.1, 0.15) is 19.4 Å². The maximum absolute atomic E-state index is 12.5. The molecule has 4 nitrogen and oxygen atoms in total. The van der Waals surface area contributed by atoms with E-state index in [0.29, 0.717) is 6.16 Å². The lowest BCUT2D eigenvalue weighted by atomic mass is 10.1. The SMILES string of the molecule is COC(=O)[C@@H](OP(C)(=O)Cc1ccccc1)C(C)C. The van der Waals surface area contributed by atoms with Gasteiger partial charge in [-0.2, -0.15) is 0 Å². The van der Waals surface area contributed by atoms with Gasteiger partial charge in [-0.1, -0.05) is 44.2 Å². The normalized spacial score (nSPS) is 15.8. The summed E-state index contributed by atoms with van der Waals surface area (Å²) in [6, 6.07) is 9.45. The summed E-state index contributed by atoms with van der Waals surface area (Å²) >= 11 is 0. The molecule has 1 unspecified atom stereocenters. The van der Waals surface area contributed by atoms with Crippen molar-refractivity contribution in [2.45, 2.75) is 26.1 Å². The molecular formula is C14H21O4P. The molecular weight excluding hydrogens is 263 g/mol. The number of hydrogen-bond acceptors (Lipinski definition) is 4. The highest BCUT2D eigenvalue weighted by atomic mass is 31.2. The molecule has 1 rings (SSSR count). The Balaban J connectivity index is 2.77. The standard InChI is InChI=1S/C14H21O4P/c1-11(2)13(14(15)17-3)18-19(4,16)10-12-8-6-5-7-9-12/h5-9,11,13H,10H2,1-4H3/t13-,19?/m0/s1. The van der Waals surface area contributed by atoms with Crippen molar-refractivity contribution in [3.8, 4) is 0 Å². The lowest BCUT2D eigenvalue weighted by Crippen LogP contribution is -2.30. The van der Waals surface area contributed by atoms with Crippen LogP contribution in [0.25, 0.3) is 0 Å². The van der Waals surface area contributed by atoms with E-state index in [4.69, 9.17) is 4.52 Å². The minimum atomic E-state index is -2.89. The molecule has 0 saturated carbocycles. The van der Waals surface area contributed by atoms with E-state index < -0.39 is 19.4 Å². The van der Waals surface area contributed by atoms with E-state index in [1.54, 1.807) is 6.66 Å². The Bertz CT molecular complexity index is 456. The third-order valence-corrected chi connectivity index (χ3v) is 4.30. The van der Waals surface area contributed by atoms with Gasteiger partial charge in [0.2, 0.25) is 7.37 Å². The zero-order chi connectivity index (χ0) is 14.5. The van der Waals surface area contributed by atoms with Crippen LogP contribution in [0.2, 0.25) is 0 Å². The van der Waals surface area contributed by atoms with Gasteiger partial charge in [-0.25, -0.2) is 4.79 Å². The third-order valence-electron chi connectivity index (χ3n) is 2.69. The Labute approximate surface area is 114 Å². The Hall–Kier alpha value is -1.12. The minimum absolute atomic E-state index is 0.0866. The van der Waals surface area contributed by atoms with Gasteiger partial charge >= 0.3 is 5.97 Å². The van der Waals surface area contributed by atoms with Gasteiger partial charge in [-0.15, -0.1) is 0 Å². The first-order valence-corrected chi connectivity index (χ1v) is 8.48. The lowest BCUT2D eigenvalue weighted by molar-refractivity contribution is -0.150. The fourth-order valence-corrected chi connectivity index (χ4v) is 3.50. The molecule has 0 saturated heterocycles. The van der Waals surface area contributed by atoms with Crippen molar-refractivity contribution in [2.75, 3.05) is 13.8 Å². The molecule has 0 N–H and O–H groups in total. The quantitative estimate of drug-likeness (QED) is 0.594. The van der Waals surface area contributed by atoms with Gasteiger partial charge in [0.15, 0.2) is 6.10 Å². The summed E-state index contributed by atoms with van der Waals surface area (Å²) in [6.45, 7) is 5.23. The molecule has 5 heteroatoms. The summed E-state index contributed by atoms with van der Waals surface area (Å²) in [5.41, 5.74) is 0.931. The van der Waals surface area contributed by atoms with Crippen LogP contribution in [0, 0.1) is 5.92 Å². The molecule has 2 atom stereocenters. The molecule has 0 amide bonds. The second-order valence-electron chi connectivity index (χ2n) is 4.95. The van der Waals surface area contributed by atoms with Gasteiger partial charge in [0.1, 0.15) is 0 Å². The van der Waals surface area contributed by atoms with Crippen molar-refractivity contribution in [1.29, 1.82) is 0 Å². The molecule has 0 aromatic heterocycles. The number of methoxy groups -OCH3 is 1. The van der Waals surface area contributed by atoms with E-state index in [0.717, 1.165) is 5.56 Å². The largest absolute Gasteiger partial charge is 0.467 e. The second-order valence-corrected chi connectivity index (χ2v) is 7.51. The topological polar surface area (TPSA) is 52.6 Å². The highest BCUT2D eigenvalue weighted by Crippen LogP contribution is 2.48. The molecule has 0 fully saturated rings. The summed E-state index contributed by atoms with van der Waals surface area (Å²) < 4.78 is 22.7. The Morgan fingerprint density at radius 1 is 1.26 bits per heavy atom. The van der Waals surface area contributed by atoms with Crippen molar-refractivity contribution < 1.29 is 18.6 Å². The zero-order valence-corrected chi connectivity index (χ0v) is 12.7. The van der Waals surface area contributed by atoms with E-state index in [-0.39, 0.29) is 5.92 Å². The third kappa shape index (κ3) is 5.17. The fraction of sp³-hybridized carbons (Fsp3) is 0.500. The predicted octanol–water partition coefficient (Wildman–Crippen LogP) is 3.31. The smallest absolute Gasteiger partial charge is 0.335 e. The average molecular weight is 284 g/mol. The van der Waals surface area contributed by atoms with Crippen LogP contribution in [-0.2, 0) is 24.8 Å². The first kappa shape index (κ1) is 15.9. The molecule has 0 aliphatic heterocycles. The zero-order valence-electron chi connectivity index (χ0n) is 11.8. The molecule has 0 aliphatic carbocycles. The molecule has 19 heavy (non-hydrogen) atoms. The number of hydrogen-bond donors (Lipinski definition) is 0. The summed E-state index contributed by atoms with van der Waals surface area (Å²) in [7, 11) is -1.59. The van der Waals surface area contributed by atoms with E-state index >= 15 is 0 Å². The van der Waals surface area contributed by atoms with Gasteiger partial charge in [-0.3, -0.25) is 4.57 Å². The van der Waals surface area contributed by atoms with Crippen molar-refractivity contribution in [1.82, 2.24) is 0 Å². The van der Waals surface area contributed by atoms with Crippen LogP contribution < -0.4 is 0 Å². The first-order valence-electron chi connectivity index (χ1n) is 6.22. The van der Waals surface area contributed by atoms with E-state index in [9.17, 15) is 9.36 Å². The molecule has 0 spiro atoms. The second kappa shape index (κ2) is 6.88. The van der Waals surface area contributed by atoms with Crippen molar-refractivity contribution in [3.63, 3.8) is 0 Å². The van der Waals surface area contributed by atoms with Crippen LogP contribution in [-0.4, -0.2) is 25.8 Å². The van der Waals surface area contributed by atoms with E-state index in [1.165, 1.54) is 7.11 Å². The molecule has 0 aliphatic rings. The predicted molar refractivity (Wildman–Crippen MR) is 75.4 cm³/mol. The van der Waals surface area contributed by atoms with Crippen LogP contribution in [0.15, 0.2) is 30.3 Å². The highest BCUT2D eigenvalue weighted by Gasteiger charge is 2.31. The van der Waals surface area contributed by atoms with Crippen LogP contribution in [0.5, 0.6) is 0 Å². The van der Waals surface area contributed by atoms with Crippen molar-refractivity contribution in [3.05, 3.63) is 35.9 Å². The van der Waals surface area contributed by atoms with Crippen LogP contribution >= 0.6 is 7.37 Å². The van der Waals surface area contributed by atoms with Crippen molar-refractivity contribution >= 4 is 13.3 Å². The molecule has 0 bridgehead atoms. The Kier molecular flexibility index (Phi) is 5.77. The number of esters is 1. The molecule has 0 heterocycles. The molecule has 1 aromatic rings. The Morgan fingerprint density at radius 2 is 1.84 bits per heavy atom. The maximum atomic E-state index is 12.5. The molecule has 0 radical (unpaired) electrons. The van der Waals surface area contributed by atoms with Crippen molar-refractivity contribution in [2.24, 2.45) is 5.92 Å². The van der Waals surface area contributed by atoms with Gasteiger partial charge < -0.3 is 9.26 Å².